The van der Waals surface area contributed by atoms with Crippen LogP contribution >= 0.6 is 0 Å². The molecular weight excluding hydrogens is 396 g/mol. The summed E-state index contributed by atoms with van der Waals surface area (Å²) in [5.41, 5.74) is 2.91. The molecule has 0 unspecified atom stereocenters. The molecule has 0 aliphatic rings. The van der Waals surface area contributed by atoms with Crippen molar-refractivity contribution in [1.29, 1.82) is 0 Å². The number of esters is 1. The summed E-state index contributed by atoms with van der Waals surface area (Å²) in [4.78, 5) is 32.7. The third-order valence-electron chi connectivity index (χ3n) is 5.15. The summed E-state index contributed by atoms with van der Waals surface area (Å²) < 4.78 is 11.9. The van der Waals surface area contributed by atoms with Gasteiger partial charge in [-0.1, -0.05) is 30.3 Å². The third kappa shape index (κ3) is 4.42. The van der Waals surface area contributed by atoms with Gasteiger partial charge in [0.25, 0.3) is 0 Å². The van der Waals surface area contributed by atoms with Crippen molar-refractivity contribution >= 4 is 33.8 Å². The number of hydrogen-bond acceptors (Lipinski definition) is 7. The normalized spacial score (nSPS) is 12.2. The quantitative estimate of drug-likeness (QED) is 0.429. The van der Waals surface area contributed by atoms with Crippen molar-refractivity contribution in [1.82, 2.24) is 14.5 Å². The largest absolute Gasteiger partial charge is 0.466 e. The van der Waals surface area contributed by atoms with E-state index in [4.69, 9.17) is 9.15 Å². The Kier molecular flexibility index (Phi) is 5.97. The van der Waals surface area contributed by atoms with Gasteiger partial charge in [0.05, 0.1) is 17.6 Å². The Morgan fingerprint density at radius 2 is 2.03 bits per heavy atom. The molecule has 0 fully saturated rings. The maximum atomic E-state index is 12.4. The second kappa shape index (κ2) is 8.99. The average molecular weight is 420 g/mol. The highest BCUT2D eigenvalue weighted by Gasteiger charge is 2.15. The van der Waals surface area contributed by atoms with E-state index in [-0.39, 0.29) is 18.4 Å². The van der Waals surface area contributed by atoms with Crippen molar-refractivity contribution in [3.63, 3.8) is 0 Å². The summed E-state index contributed by atoms with van der Waals surface area (Å²) in [5, 5.41) is 4.22. The van der Waals surface area contributed by atoms with Crippen LogP contribution in [0.4, 0.5) is 5.82 Å². The number of oxazole rings is 1. The van der Waals surface area contributed by atoms with Crippen molar-refractivity contribution < 1.29 is 13.9 Å². The number of anilines is 1. The first-order chi connectivity index (χ1) is 15.1. The summed E-state index contributed by atoms with van der Waals surface area (Å²) in [6.07, 6.45) is 2.21. The van der Waals surface area contributed by atoms with Crippen LogP contribution < -0.4 is 11.1 Å². The number of aromatic nitrogens is 3. The fourth-order valence-electron chi connectivity index (χ4n) is 3.58. The molecule has 0 amide bonds. The molecule has 0 aliphatic carbocycles. The Morgan fingerprint density at radius 3 is 2.81 bits per heavy atom. The van der Waals surface area contributed by atoms with E-state index in [2.05, 4.69) is 34.3 Å². The van der Waals surface area contributed by atoms with Gasteiger partial charge in [-0.05, 0) is 31.9 Å². The highest BCUT2D eigenvalue weighted by atomic mass is 16.5. The van der Waals surface area contributed by atoms with E-state index in [9.17, 15) is 9.59 Å². The molecule has 2 aromatic carbocycles. The van der Waals surface area contributed by atoms with Gasteiger partial charge in [-0.3, -0.25) is 9.36 Å². The molecule has 8 nitrogen and oxygen atoms in total. The Bertz CT molecular complexity index is 1260. The van der Waals surface area contributed by atoms with E-state index in [0.717, 1.165) is 10.9 Å². The van der Waals surface area contributed by atoms with E-state index >= 15 is 0 Å². The fraction of sp³-hybridized carbons (Fsp3) is 0.304. The van der Waals surface area contributed by atoms with Crippen LogP contribution in [0.1, 0.15) is 38.3 Å². The summed E-state index contributed by atoms with van der Waals surface area (Å²) >= 11 is 0. The van der Waals surface area contributed by atoms with Gasteiger partial charge in [-0.2, -0.15) is 0 Å². The first-order valence-corrected chi connectivity index (χ1v) is 10.3. The van der Waals surface area contributed by atoms with Gasteiger partial charge in [-0.25, -0.2) is 14.8 Å². The fourth-order valence-corrected chi connectivity index (χ4v) is 3.58. The number of carbonyl (C=O) groups excluding carboxylic acids is 1. The maximum absolute atomic E-state index is 12.4. The van der Waals surface area contributed by atoms with E-state index < -0.39 is 5.76 Å². The number of nitrogens with one attached hydrogen (secondary N) is 1. The standard InChI is InChI=1S/C23H24N4O4/c1-3-30-21(28)10-7-11-27-19-12-17-18(13-20(19)31-23(27)29)24-14-25-22(17)26-15(2)16-8-5-4-6-9-16/h4-6,8-9,12-15H,3,7,10-11H2,1-2H3,(H,24,25,26)/t15-/m0/s1. The average Bonchev–Trinajstić information content (AvgIpc) is 3.07. The lowest BCUT2D eigenvalue weighted by Crippen LogP contribution is -2.15. The SMILES string of the molecule is CCOC(=O)CCCn1c(=O)oc2cc3ncnc(N[C@@H](C)c4ccccc4)c3cc21. The number of fused-ring (bicyclic) bond motifs is 2. The monoisotopic (exact) mass is 420 g/mol. The number of ether oxygens (including phenoxy) is 1. The lowest BCUT2D eigenvalue weighted by atomic mass is 10.1. The highest BCUT2D eigenvalue weighted by Crippen LogP contribution is 2.28. The predicted molar refractivity (Wildman–Crippen MR) is 118 cm³/mol. The topological polar surface area (TPSA) is 99.2 Å². The highest BCUT2D eigenvalue weighted by molar-refractivity contribution is 5.97. The molecule has 4 rings (SSSR count). The molecule has 2 aromatic heterocycles. The molecule has 1 atom stereocenters. The van der Waals surface area contributed by atoms with Crippen LogP contribution in [0.3, 0.4) is 0 Å². The van der Waals surface area contributed by atoms with Crippen LogP contribution in [0, 0.1) is 0 Å². The van der Waals surface area contributed by atoms with Gasteiger partial charge in [0, 0.05) is 30.5 Å². The molecule has 8 heteroatoms. The number of aryl methyl sites for hydroxylation is 1. The molecular formula is C23H24N4O4. The molecule has 4 aromatic rings. The lowest BCUT2D eigenvalue weighted by molar-refractivity contribution is -0.143. The minimum absolute atomic E-state index is 0.0334. The molecule has 0 saturated heterocycles. The number of nitrogens with zero attached hydrogens (tertiary/aromatic N) is 3. The Morgan fingerprint density at radius 1 is 1.23 bits per heavy atom. The van der Waals surface area contributed by atoms with Gasteiger partial charge in [0.2, 0.25) is 0 Å². The molecule has 0 spiro atoms. The van der Waals surface area contributed by atoms with E-state index in [0.29, 0.717) is 42.0 Å². The van der Waals surface area contributed by atoms with Gasteiger partial charge >= 0.3 is 11.7 Å². The van der Waals surface area contributed by atoms with Crippen molar-refractivity contribution in [3.8, 4) is 0 Å². The first-order valence-electron chi connectivity index (χ1n) is 10.3. The zero-order valence-corrected chi connectivity index (χ0v) is 17.5. The molecule has 0 radical (unpaired) electrons. The number of hydrogen-bond donors (Lipinski definition) is 1. The lowest BCUT2D eigenvalue weighted by Gasteiger charge is -2.16. The zero-order valence-electron chi connectivity index (χ0n) is 17.5. The van der Waals surface area contributed by atoms with Crippen LogP contribution in [0.25, 0.3) is 22.0 Å². The number of rotatable bonds is 8. The van der Waals surface area contributed by atoms with Gasteiger partial charge < -0.3 is 14.5 Å². The Balaban J connectivity index is 1.66. The number of carbonyl (C=O) groups is 1. The van der Waals surface area contributed by atoms with Crippen LogP contribution in [0.15, 0.2) is 58.0 Å². The van der Waals surface area contributed by atoms with Crippen molar-refractivity contribution in [3.05, 3.63) is 64.9 Å². The second-order valence-electron chi connectivity index (χ2n) is 7.26. The van der Waals surface area contributed by atoms with Gasteiger partial charge in [-0.15, -0.1) is 0 Å². The smallest absolute Gasteiger partial charge is 0.419 e. The van der Waals surface area contributed by atoms with Crippen LogP contribution in [-0.2, 0) is 16.1 Å². The van der Waals surface area contributed by atoms with Crippen LogP contribution in [-0.4, -0.2) is 27.1 Å². The Labute approximate surface area is 178 Å². The van der Waals surface area contributed by atoms with Crippen LogP contribution in [0.2, 0.25) is 0 Å². The summed E-state index contributed by atoms with van der Waals surface area (Å²) in [5.74, 6) is -0.0622. The van der Waals surface area contributed by atoms with E-state index in [1.165, 1.54) is 10.9 Å². The number of benzene rings is 2. The minimum Gasteiger partial charge on any atom is -0.466 e. The van der Waals surface area contributed by atoms with Crippen LogP contribution in [0.5, 0.6) is 0 Å². The van der Waals surface area contributed by atoms with Crippen molar-refractivity contribution in [2.45, 2.75) is 39.3 Å². The third-order valence-corrected chi connectivity index (χ3v) is 5.15. The summed E-state index contributed by atoms with van der Waals surface area (Å²) in [6, 6.07) is 13.7. The summed E-state index contributed by atoms with van der Waals surface area (Å²) in [6.45, 7) is 4.53. The first kappa shape index (κ1) is 20.6. The molecule has 2 heterocycles. The molecule has 31 heavy (non-hydrogen) atoms. The zero-order chi connectivity index (χ0) is 21.8. The minimum atomic E-state index is -0.464. The molecule has 0 saturated carbocycles. The van der Waals surface area contributed by atoms with Crippen molar-refractivity contribution in [2.24, 2.45) is 0 Å². The maximum Gasteiger partial charge on any atom is 0.419 e. The second-order valence-corrected chi connectivity index (χ2v) is 7.26. The van der Waals surface area contributed by atoms with Gasteiger partial charge in [0.1, 0.15) is 12.1 Å². The molecule has 160 valence electrons. The van der Waals surface area contributed by atoms with E-state index in [1.54, 1.807) is 13.0 Å². The van der Waals surface area contributed by atoms with Gasteiger partial charge in [0.15, 0.2) is 5.58 Å². The molecule has 1 N–H and O–H groups in total. The Hall–Kier alpha value is -3.68. The van der Waals surface area contributed by atoms with Crippen molar-refractivity contribution in [2.75, 3.05) is 11.9 Å². The molecule has 0 bridgehead atoms. The molecule has 0 aliphatic heterocycles. The summed E-state index contributed by atoms with van der Waals surface area (Å²) in [7, 11) is 0. The van der Waals surface area contributed by atoms with E-state index in [1.807, 2.05) is 24.3 Å². The predicted octanol–water partition coefficient (Wildman–Crippen LogP) is 4.05.